The molecule has 3 aliphatic heterocycles. The topological polar surface area (TPSA) is 68.0 Å². The number of hydrogen-bond acceptors (Lipinski definition) is 5. The van der Waals surface area contributed by atoms with Crippen LogP contribution < -0.4 is 15.2 Å². The second-order valence-corrected chi connectivity index (χ2v) is 8.32. The third kappa shape index (κ3) is 3.29. The van der Waals surface area contributed by atoms with Gasteiger partial charge in [0, 0.05) is 38.1 Å². The van der Waals surface area contributed by atoms with Gasteiger partial charge < -0.3 is 20.1 Å². The van der Waals surface area contributed by atoms with E-state index in [0.717, 1.165) is 50.4 Å². The van der Waals surface area contributed by atoms with Crippen LogP contribution in [-0.2, 0) is 11.2 Å². The van der Waals surface area contributed by atoms with Gasteiger partial charge in [-0.1, -0.05) is 6.92 Å². The molecule has 2 N–H and O–H groups in total. The average molecular weight is 373 g/mol. The van der Waals surface area contributed by atoms with Gasteiger partial charge in [-0.05, 0) is 48.4 Å². The summed E-state index contributed by atoms with van der Waals surface area (Å²) >= 11 is 0. The third-order valence-electron chi connectivity index (χ3n) is 6.60. The second-order valence-electron chi connectivity index (χ2n) is 8.32. The number of nitrogens with two attached hydrogens (primary N) is 1. The summed E-state index contributed by atoms with van der Waals surface area (Å²) in [5.74, 6) is 2.40. The highest BCUT2D eigenvalue weighted by Crippen LogP contribution is 2.42. The molecular formula is C21H31N3O3. The predicted octanol–water partition coefficient (Wildman–Crippen LogP) is 1.96. The van der Waals surface area contributed by atoms with E-state index >= 15 is 0 Å². The van der Waals surface area contributed by atoms with Gasteiger partial charge in [-0.3, -0.25) is 9.69 Å². The monoisotopic (exact) mass is 373 g/mol. The highest BCUT2D eigenvalue weighted by atomic mass is 16.5. The summed E-state index contributed by atoms with van der Waals surface area (Å²) in [5.41, 5.74) is 9.25. The number of nitrogens with zero attached hydrogens (tertiary/aromatic N) is 2. The molecule has 27 heavy (non-hydrogen) atoms. The van der Waals surface area contributed by atoms with E-state index < -0.39 is 0 Å². The number of methoxy groups -OCH3 is 2. The summed E-state index contributed by atoms with van der Waals surface area (Å²) in [6.07, 6.45) is 3.51. The van der Waals surface area contributed by atoms with Gasteiger partial charge in [0.05, 0.1) is 20.3 Å². The first-order valence-corrected chi connectivity index (χ1v) is 10.1. The lowest BCUT2D eigenvalue weighted by Crippen LogP contribution is -2.62. The van der Waals surface area contributed by atoms with Crippen molar-refractivity contribution in [3.63, 3.8) is 0 Å². The molecule has 0 spiro atoms. The first-order valence-electron chi connectivity index (χ1n) is 10.1. The van der Waals surface area contributed by atoms with Crippen LogP contribution in [0.25, 0.3) is 0 Å². The van der Waals surface area contributed by atoms with Crippen LogP contribution in [0.1, 0.15) is 43.4 Å². The molecule has 1 amide bonds. The summed E-state index contributed by atoms with van der Waals surface area (Å²) < 4.78 is 11.0. The SMILES string of the molecule is COc1cc2c(cc1OC)[C@@H]1C[C@H](N)[C@@H](N3CC(C)CCC3=O)CN1CC2. The number of fused-ring (bicyclic) bond motifs is 3. The molecule has 0 saturated carbocycles. The molecule has 148 valence electrons. The Morgan fingerprint density at radius 1 is 1.11 bits per heavy atom. The standard InChI is InChI=1S/C21H31N3O3/c1-13-4-5-21(25)24(11-13)18-12-23-7-6-14-8-19(26-2)20(27-3)9-15(14)17(23)10-16(18)22/h8-9,13,16-18H,4-7,10-12,22H2,1-3H3/t13?,16-,17-,18-/m0/s1. The van der Waals surface area contributed by atoms with Crippen LogP contribution in [0.5, 0.6) is 11.5 Å². The van der Waals surface area contributed by atoms with Crippen LogP contribution in [0, 0.1) is 5.92 Å². The number of hydrogen-bond donors (Lipinski definition) is 1. The minimum Gasteiger partial charge on any atom is -0.493 e. The summed E-state index contributed by atoms with van der Waals surface area (Å²) in [6, 6.07) is 4.64. The van der Waals surface area contributed by atoms with Crippen molar-refractivity contribution in [2.75, 3.05) is 33.9 Å². The quantitative estimate of drug-likeness (QED) is 0.877. The van der Waals surface area contributed by atoms with Gasteiger partial charge >= 0.3 is 0 Å². The molecule has 1 aromatic rings. The first kappa shape index (κ1) is 18.6. The second kappa shape index (κ2) is 7.32. The van der Waals surface area contributed by atoms with E-state index in [9.17, 15) is 4.79 Å². The van der Waals surface area contributed by atoms with E-state index in [2.05, 4.69) is 28.9 Å². The number of ether oxygens (including phenoxy) is 2. The number of likely N-dealkylation sites (tertiary alicyclic amines) is 1. The lowest BCUT2D eigenvalue weighted by molar-refractivity contribution is -0.139. The molecule has 6 nitrogen and oxygen atoms in total. The molecule has 0 aromatic heterocycles. The highest BCUT2D eigenvalue weighted by Gasteiger charge is 2.42. The molecule has 3 aliphatic rings. The van der Waals surface area contributed by atoms with E-state index in [-0.39, 0.29) is 24.0 Å². The highest BCUT2D eigenvalue weighted by molar-refractivity contribution is 5.77. The van der Waals surface area contributed by atoms with E-state index in [0.29, 0.717) is 12.3 Å². The fourth-order valence-electron chi connectivity index (χ4n) is 5.06. The molecule has 1 unspecified atom stereocenters. The molecule has 2 fully saturated rings. The number of amides is 1. The summed E-state index contributed by atoms with van der Waals surface area (Å²) in [7, 11) is 3.35. The number of carbonyl (C=O) groups excluding carboxylic acids is 1. The number of rotatable bonds is 3. The van der Waals surface area contributed by atoms with Gasteiger partial charge in [0.15, 0.2) is 11.5 Å². The fourth-order valence-corrected chi connectivity index (χ4v) is 5.06. The maximum Gasteiger partial charge on any atom is 0.222 e. The van der Waals surface area contributed by atoms with Crippen LogP contribution >= 0.6 is 0 Å². The Balaban J connectivity index is 1.59. The van der Waals surface area contributed by atoms with Crippen molar-refractivity contribution < 1.29 is 14.3 Å². The molecule has 4 rings (SSSR count). The Morgan fingerprint density at radius 3 is 2.59 bits per heavy atom. The summed E-state index contributed by atoms with van der Waals surface area (Å²) in [4.78, 5) is 17.1. The Kier molecular flexibility index (Phi) is 5.03. The maximum atomic E-state index is 12.5. The van der Waals surface area contributed by atoms with E-state index in [1.807, 2.05) is 0 Å². The van der Waals surface area contributed by atoms with Crippen molar-refractivity contribution in [1.82, 2.24) is 9.80 Å². The molecule has 6 heteroatoms. The predicted molar refractivity (Wildman–Crippen MR) is 104 cm³/mol. The van der Waals surface area contributed by atoms with Gasteiger partial charge in [0.25, 0.3) is 0 Å². The zero-order valence-corrected chi connectivity index (χ0v) is 16.6. The smallest absolute Gasteiger partial charge is 0.222 e. The van der Waals surface area contributed by atoms with E-state index in [4.69, 9.17) is 15.2 Å². The molecule has 3 heterocycles. The van der Waals surface area contributed by atoms with Gasteiger partial charge in [-0.25, -0.2) is 0 Å². The van der Waals surface area contributed by atoms with Gasteiger partial charge in [-0.15, -0.1) is 0 Å². The van der Waals surface area contributed by atoms with Crippen LogP contribution in [0.4, 0.5) is 0 Å². The van der Waals surface area contributed by atoms with Crippen LogP contribution in [-0.4, -0.2) is 61.6 Å². The average Bonchev–Trinajstić information content (AvgIpc) is 2.68. The summed E-state index contributed by atoms with van der Waals surface area (Å²) in [6.45, 7) is 4.93. The lowest BCUT2D eigenvalue weighted by Gasteiger charge is -2.50. The molecular weight excluding hydrogens is 342 g/mol. The third-order valence-corrected chi connectivity index (χ3v) is 6.60. The zero-order chi connectivity index (χ0) is 19.1. The van der Waals surface area contributed by atoms with Crippen molar-refractivity contribution >= 4 is 5.91 Å². The number of carbonyl (C=O) groups is 1. The largest absolute Gasteiger partial charge is 0.493 e. The van der Waals surface area contributed by atoms with Gasteiger partial charge in [-0.2, -0.15) is 0 Å². The van der Waals surface area contributed by atoms with Crippen LogP contribution in [0.15, 0.2) is 12.1 Å². The Hall–Kier alpha value is -1.79. The number of benzene rings is 1. The van der Waals surface area contributed by atoms with Crippen molar-refractivity contribution in [2.24, 2.45) is 11.7 Å². The minimum absolute atomic E-state index is 0.000420. The molecule has 1 aromatic carbocycles. The van der Waals surface area contributed by atoms with Crippen LogP contribution in [0.2, 0.25) is 0 Å². The normalized spacial score (nSPS) is 31.3. The van der Waals surface area contributed by atoms with Gasteiger partial charge in [0.1, 0.15) is 0 Å². The fraction of sp³-hybridized carbons (Fsp3) is 0.667. The molecule has 0 aliphatic carbocycles. The Morgan fingerprint density at radius 2 is 1.85 bits per heavy atom. The van der Waals surface area contributed by atoms with Crippen molar-refractivity contribution in [3.05, 3.63) is 23.3 Å². The molecule has 0 bridgehead atoms. The first-order chi connectivity index (χ1) is 13.0. The summed E-state index contributed by atoms with van der Waals surface area (Å²) in [5, 5.41) is 0. The van der Waals surface area contributed by atoms with Crippen molar-refractivity contribution in [3.8, 4) is 11.5 Å². The van der Waals surface area contributed by atoms with E-state index in [1.54, 1.807) is 14.2 Å². The molecule has 4 atom stereocenters. The van der Waals surface area contributed by atoms with Crippen LogP contribution in [0.3, 0.4) is 0 Å². The number of piperidine rings is 2. The minimum atomic E-state index is -0.000420. The van der Waals surface area contributed by atoms with E-state index in [1.165, 1.54) is 11.1 Å². The van der Waals surface area contributed by atoms with Gasteiger partial charge in [0.2, 0.25) is 5.91 Å². The van der Waals surface area contributed by atoms with Crippen molar-refractivity contribution in [1.29, 1.82) is 0 Å². The molecule has 0 radical (unpaired) electrons. The Labute approximate surface area is 161 Å². The van der Waals surface area contributed by atoms with Crippen molar-refractivity contribution in [2.45, 2.75) is 50.7 Å². The lowest BCUT2D eigenvalue weighted by atomic mass is 9.82. The Bertz CT molecular complexity index is 723. The zero-order valence-electron chi connectivity index (χ0n) is 16.6. The molecule has 2 saturated heterocycles. The maximum absolute atomic E-state index is 12.5.